The molecule has 1 aromatic heterocycles. The summed E-state index contributed by atoms with van der Waals surface area (Å²) in [6, 6.07) is 16.2. The number of halogens is 2. The van der Waals surface area contributed by atoms with Crippen LogP contribution in [0.25, 0.3) is 0 Å². The Morgan fingerprint density at radius 1 is 0.931 bits per heavy atom. The number of ketones is 1. The molecule has 0 aliphatic heterocycles. The molecule has 0 unspecified atom stereocenters. The van der Waals surface area contributed by atoms with Gasteiger partial charge in [0.1, 0.15) is 0 Å². The molecule has 0 bridgehead atoms. The predicted molar refractivity (Wildman–Crippen MR) is 109 cm³/mol. The van der Waals surface area contributed by atoms with Gasteiger partial charge < -0.3 is 10.1 Å². The Morgan fingerprint density at radius 2 is 1.59 bits per heavy atom. The summed E-state index contributed by atoms with van der Waals surface area (Å²) in [6.07, 6.45) is 1.32. The number of benzene rings is 2. The number of carbonyl (C=O) groups excluding carboxylic acids is 3. The van der Waals surface area contributed by atoms with Gasteiger partial charge in [0, 0.05) is 17.3 Å². The first-order chi connectivity index (χ1) is 14.0. The van der Waals surface area contributed by atoms with Crippen molar-refractivity contribution in [3.8, 4) is 0 Å². The van der Waals surface area contributed by atoms with Crippen molar-refractivity contribution in [2.24, 2.45) is 0 Å². The van der Waals surface area contributed by atoms with E-state index in [2.05, 4.69) is 10.3 Å². The second kappa shape index (κ2) is 9.32. The fourth-order valence-corrected chi connectivity index (χ4v) is 2.92. The topological polar surface area (TPSA) is 85.4 Å². The van der Waals surface area contributed by atoms with Crippen LogP contribution < -0.4 is 5.32 Å². The molecule has 1 heterocycles. The minimum atomic E-state index is -0.796. The number of pyridine rings is 1. The molecule has 0 saturated heterocycles. The van der Waals surface area contributed by atoms with E-state index < -0.39 is 18.5 Å². The Balaban J connectivity index is 1.68. The number of aromatic nitrogens is 1. The Kier molecular flexibility index (Phi) is 6.59. The summed E-state index contributed by atoms with van der Waals surface area (Å²) < 4.78 is 5.05. The highest BCUT2D eigenvalue weighted by molar-refractivity contribution is 6.36. The van der Waals surface area contributed by atoms with E-state index in [1.165, 1.54) is 24.4 Å². The first-order valence-corrected chi connectivity index (χ1v) is 9.18. The van der Waals surface area contributed by atoms with Crippen molar-refractivity contribution in [3.63, 3.8) is 0 Å². The van der Waals surface area contributed by atoms with Crippen LogP contribution in [0.4, 0.5) is 5.82 Å². The molecule has 3 rings (SSSR count). The maximum absolute atomic E-state index is 12.7. The summed E-state index contributed by atoms with van der Waals surface area (Å²) in [7, 11) is 0. The number of anilines is 1. The lowest BCUT2D eigenvalue weighted by atomic mass is 9.98. The van der Waals surface area contributed by atoms with Crippen molar-refractivity contribution in [2.75, 3.05) is 11.9 Å². The van der Waals surface area contributed by atoms with E-state index in [1.807, 2.05) is 0 Å². The largest absolute Gasteiger partial charge is 0.452 e. The summed E-state index contributed by atoms with van der Waals surface area (Å²) in [5, 5.41) is 2.89. The molecule has 0 atom stereocenters. The first-order valence-electron chi connectivity index (χ1n) is 8.42. The first kappa shape index (κ1) is 20.5. The summed E-state index contributed by atoms with van der Waals surface area (Å²) >= 11 is 11.7. The van der Waals surface area contributed by atoms with Crippen LogP contribution in [0.2, 0.25) is 10.0 Å². The highest BCUT2D eigenvalue weighted by Crippen LogP contribution is 2.22. The van der Waals surface area contributed by atoms with E-state index in [0.29, 0.717) is 10.6 Å². The molecule has 146 valence electrons. The monoisotopic (exact) mass is 428 g/mol. The van der Waals surface area contributed by atoms with Crippen LogP contribution in [0.15, 0.2) is 66.9 Å². The number of nitrogens with zero attached hydrogens (tertiary/aromatic N) is 1. The average molecular weight is 429 g/mol. The molecular formula is C21H14Cl2N2O4. The molecule has 0 saturated carbocycles. The number of hydrogen-bond donors (Lipinski definition) is 1. The Bertz CT molecular complexity index is 1070. The molecule has 0 radical (unpaired) electrons. The Labute approximate surface area is 176 Å². The van der Waals surface area contributed by atoms with Gasteiger partial charge in [0.05, 0.1) is 15.6 Å². The van der Waals surface area contributed by atoms with Crippen molar-refractivity contribution in [1.82, 2.24) is 4.98 Å². The van der Waals surface area contributed by atoms with Crippen molar-refractivity contribution in [3.05, 3.63) is 93.6 Å². The zero-order valence-corrected chi connectivity index (χ0v) is 16.4. The standard InChI is InChI=1S/C21H14Cl2N2O4/c22-14-10-17(23)20(24-11-14)25-18(26)12-29-21(28)16-9-5-4-8-15(16)19(27)13-6-2-1-3-7-13/h1-11H,12H2,(H,24,25,26). The van der Waals surface area contributed by atoms with Gasteiger partial charge in [-0.1, -0.05) is 71.7 Å². The van der Waals surface area contributed by atoms with Crippen molar-refractivity contribution in [2.45, 2.75) is 0 Å². The van der Waals surface area contributed by atoms with Gasteiger partial charge >= 0.3 is 5.97 Å². The molecule has 2 aromatic carbocycles. The number of nitrogens with one attached hydrogen (secondary N) is 1. The van der Waals surface area contributed by atoms with Gasteiger partial charge in [-0.15, -0.1) is 0 Å². The molecule has 1 N–H and O–H groups in total. The second-order valence-corrected chi connectivity index (χ2v) is 6.69. The fourth-order valence-electron chi connectivity index (χ4n) is 2.49. The Hall–Kier alpha value is -3.22. The number of amides is 1. The molecule has 0 fully saturated rings. The Morgan fingerprint density at radius 3 is 2.28 bits per heavy atom. The lowest BCUT2D eigenvalue weighted by Gasteiger charge is -2.10. The van der Waals surface area contributed by atoms with E-state index in [0.717, 1.165) is 0 Å². The zero-order chi connectivity index (χ0) is 20.8. The van der Waals surface area contributed by atoms with Crippen LogP contribution in [0, 0.1) is 0 Å². The number of rotatable bonds is 6. The van der Waals surface area contributed by atoms with E-state index in [4.69, 9.17) is 27.9 Å². The minimum absolute atomic E-state index is 0.0665. The summed E-state index contributed by atoms with van der Waals surface area (Å²) in [5.74, 6) is -1.66. The van der Waals surface area contributed by atoms with Crippen molar-refractivity contribution in [1.29, 1.82) is 0 Å². The van der Waals surface area contributed by atoms with Gasteiger partial charge in [-0.05, 0) is 12.1 Å². The number of carbonyl (C=O) groups is 3. The SMILES string of the molecule is O=C(COC(=O)c1ccccc1C(=O)c1ccccc1)Nc1ncc(Cl)cc1Cl. The maximum Gasteiger partial charge on any atom is 0.339 e. The predicted octanol–water partition coefficient (Wildman–Crippen LogP) is 4.41. The molecule has 0 aliphatic rings. The quantitative estimate of drug-likeness (QED) is 0.463. The van der Waals surface area contributed by atoms with Crippen LogP contribution >= 0.6 is 23.2 Å². The summed E-state index contributed by atoms with van der Waals surface area (Å²) in [5.41, 5.74) is 0.692. The van der Waals surface area contributed by atoms with Gasteiger partial charge in [0.2, 0.25) is 0 Å². The highest BCUT2D eigenvalue weighted by atomic mass is 35.5. The van der Waals surface area contributed by atoms with Gasteiger partial charge in [-0.25, -0.2) is 9.78 Å². The number of hydrogen-bond acceptors (Lipinski definition) is 5. The maximum atomic E-state index is 12.7. The van der Waals surface area contributed by atoms with Gasteiger partial charge in [0.25, 0.3) is 5.91 Å². The average Bonchev–Trinajstić information content (AvgIpc) is 2.74. The van der Waals surface area contributed by atoms with Gasteiger partial charge in [-0.2, -0.15) is 0 Å². The molecular weight excluding hydrogens is 415 g/mol. The van der Waals surface area contributed by atoms with Gasteiger partial charge in [0.15, 0.2) is 18.2 Å². The fraction of sp³-hybridized carbons (Fsp3) is 0.0476. The third-order valence-corrected chi connectivity index (χ3v) is 4.32. The number of esters is 1. The van der Waals surface area contributed by atoms with Crippen molar-refractivity contribution >= 4 is 46.7 Å². The van der Waals surface area contributed by atoms with E-state index >= 15 is 0 Å². The minimum Gasteiger partial charge on any atom is -0.452 e. The molecule has 3 aromatic rings. The highest BCUT2D eigenvalue weighted by Gasteiger charge is 2.20. The summed E-state index contributed by atoms with van der Waals surface area (Å²) in [6.45, 7) is -0.576. The van der Waals surface area contributed by atoms with Crippen LogP contribution in [0.1, 0.15) is 26.3 Å². The molecule has 0 spiro atoms. The molecule has 0 aliphatic carbocycles. The normalized spacial score (nSPS) is 10.3. The van der Waals surface area contributed by atoms with Crippen molar-refractivity contribution < 1.29 is 19.1 Å². The lowest BCUT2D eigenvalue weighted by Crippen LogP contribution is -2.22. The lowest BCUT2D eigenvalue weighted by molar-refractivity contribution is -0.119. The van der Waals surface area contributed by atoms with Crippen LogP contribution in [-0.4, -0.2) is 29.3 Å². The smallest absolute Gasteiger partial charge is 0.339 e. The second-order valence-electron chi connectivity index (χ2n) is 5.85. The molecule has 1 amide bonds. The molecule has 6 nitrogen and oxygen atoms in total. The molecule has 29 heavy (non-hydrogen) atoms. The zero-order valence-electron chi connectivity index (χ0n) is 14.9. The van der Waals surface area contributed by atoms with Crippen LogP contribution in [-0.2, 0) is 9.53 Å². The summed E-state index contributed by atoms with van der Waals surface area (Å²) in [4.78, 5) is 41.1. The third-order valence-electron chi connectivity index (χ3n) is 3.83. The van der Waals surface area contributed by atoms with E-state index in [-0.39, 0.29) is 27.8 Å². The van der Waals surface area contributed by atoms with Crippen LogP contribution in [0.3, 0.4) is 0 Å². The number of ether oxygens (including phenoxy) is 1. The van der Waals surface area contributed by atoms with Gasteiger partial charge in [-0.3, -0.25) is 9.59 Å². The van der Waals surface area contributed by atoms with Crippen LogP contribution in [0.5, 0.6) is 0 Å². The van der Waals surface area contributed by atoms with E-state index in [1.54, 1.807) is 42.5 Å². The molecule has 8 heteroatoms. The van der Waals surface area contributed by atoms with E-state index in [9.17, 15) is 14.4 Å². The third kappa shape index (κ3) is 5.19.